The summed E-state index contributed by atoms with van der Waals surface area (Å²) in [7, 11) is -1.42. The monoisotopic (exact) mass is 693 g/mol. The SMILES string of the molecule is C[SiH]1C2=CCC3C(=C2c2ccc(N(C4=CC5SC6=C(C=CCC6)C5C=C4)c4cccc(-c5cccc6c5CCC=C6)c4)cc21)Oc1ccccc13. The van der Waals surface area contributed by atoms with Gasteiger partial charge in [-0.3, -0.25) is 0 Å². The number of rotatable bonds is 4. The maximum absolute atomic E-state index is 6.66. The van der Waals surface area contributed by atoms with Crippen molar-refractivity contribution in [1.29, 1.82) is 0 Å². The summed E-state index contributed by atoms with van der Waals surface area (Å²) in [5.74, 6) is 3.00. The van der Waals surface area contributed by atoms with E-state index in [2.05, 4.69) is 157 Å². The Morgan fingerprint density at radius 2 is 1.71 bits per heavy atom. The molecule has 3 aliphatic heterocycles. The lowest BCUT2D eigenvalue weighted by molar-refractivity contribution is 0.428. The Bertz CT molecular complexity index is 2400. The number of ether oxygens (including phenoxy) is 1. The van der Waals surface area contributed by atoms with Gasteiger partial charge in [-0.1, -0.05) is 103 Å². The maximum atomic E-state index is 6.66. The zero-order valence-corrected chi connectivity index (χ0v) is 30.8. The van der Waals surface area contributed by atoms with Gasteiger partial charge >= 0.3 is 0 Å². The quantitative estimate of drug-likeness (QED) is 0.197. The minimum absolute atomic E-state index is 0.328. The molecule has 248 valence electrons. The number of benzene rings is 4. The van der Waals surface area contributed by atoms with Crippen molar-refractivity contribution in [3.05, 3.63) is 177 Å². The third kappa shape index (κ3) is 4.62. The van der Waals surface area contributed by atoms with Crippen molar-refractivity contribution in [2.45, 2.75) is 49.8 Å². The third-order valence-electron chi connectivity index (χ3n) is 12.1. The molecule has 4 aromatic carbocycles. The number of anilines is 2. The molecule has 51 heavy (non-hydrogen) atoms. The van der Waals surface area contributed by atoms with Crippen molar-refractivity contribution in [2.75, 3.05) is 4.90 Å². The van der Waals surface area contributed by atoms with Crippen LogP contribution in [0.15, 0.2) is 155 Å². The van der Waals surface area contributed by atoms with Gasteiger partial charge in [0.2, 0.25) is 0 Å². The molecule has 4 heteroatoms. The molecule has 4 unspecified atom stereocenters. The molecule has 4 atom stereocenters. The molecule has 0 N–H and O–H groups in total. The van der Waals surface area contributed by atoms with Crippen LogP contribution in [-0.4, -0.2) is 14.0 Å². The van der Waals surface area contributed by atoms with Crippen LogP contribution in [0.4, 0.5) is 11.4 Å². The van der Waals surface area contributed by atoms with Gasteiger partial charge in [0.1, 0.15) is 20.3 Å². The highest BCUT2D eigenvalue weighted by molar-refractivity contribution is 8.04. The van der Waals surface area contributed by atoms with Crippen LogP contribution >= 0.6 is 11.8 Å². The highest BCUT2D eigenvalue weighted by Crippen LogP contribution is 2.53. The first kappa shape index (κ1) is 29.9. The van der Waals surface area contributed by atoms with Crippen LogP contribution in [0.1, 0.15) is 53.9 Å². The topological polar surface area (TPSA) is 12.5 Å². The summed E-state index contributed by atoms with van der Waals surface area (Å²) in [5, 5.41) is 3.52. The zero-order chi connectivity index (χ0) is 33.6. The Labute approximate surface area is 306 Å². The van der Waals surface area contributed by atoms with Gasteiger partial charge in [0.25, 0.3) is 0 Å². The lowest BCUT2D eigenvalue weighted by Gasteiger charge is -2.31. The van der Waals surface area contributed by atoms with Crippen LogP contribution in [0, 0.1) is 5.92 Å². The second-order valence-corrected chi connectivity index (χ2v) is 18.9. The van der Waals surface area contributed by atoms with E-state index in [4.69, 9.17) is 4.74 Å². The fraction of sp³-hybridized carbons (Fsp3) is 0.191. The van der Waals surface area contributed by atoms with E-state index in [1.807, 2.05) is 0 Å². The first-order chi connectivity index (χ1) is 25.2. The number of fused-ring (bicyclic) bond motifs is 9. The second-order valence-electron chi connectivity index (χ2n) is 14.9. The molecule has 0 amide bonds. The maximum Gasteiger partial charge on any atom is 0.130 e. The molecular formula is C47H39NOSSi. The van der Waals surface area contributed by atoms with E-state index in [-0.39, 0.29) is 0 Å². The molecule has 11 rings (SSSR count). The van der Waals surface area contributed by atoms with Crippen LogP contribution in [-0.2, 0) is 6.42 Å². The summed E-state index contributed by atoms with van der Waals surface area (Å²) < 4.78 is 6.66. The average Bonchev–Trinajstić information content (AvgIpc) is 3.84. The predicted octanol–water partition coefficient (Wildman–Crippen LogP) is 11.1. The van der Waals surface area contributed by atoms with Gasteiger partial charge in [0, 0.05) is 45.3 Å². The minimum Gasteiger partial charge on any atom is -0.460 e. The van der Waals surface area contributed by atoms with Crippen molar-refractivity contribution in [3.63, 3.8) is 0 Å². The normalized spacial score (nSPS) is 24.5. The van der Waals surface area contributed by atoms with Crippen molar-refractivity contribution in [3.8, 4) is 16.9 Å². The van der Waals surface area contributed by atoms with Crippen molar-refractivity contribution in [1.82, 2.24) is 0 Å². The first-order valence-corrected chi connectivity index (χ1v) is 21.9. The molecule has 7 aliphatic rings. The van der Waals surface area contributed by atoms with E-state index >= 15 is 0 Å². The molecule has 0 bridgehead atoms. The zero-order valence-electron chi connectivity index (χ0n) is 28.8. The van der Waals surface area contributed by atoms with Gasteiger partial charge in [-0.2, -0.15) is 0 Å². The number of para-hydroxylation sites is 1. The highest BCUT2D eigenvalue weighted by atomic mass is 32.2. The summed E-state index contributed by atoms with van der Waals surface area (Å²) in [5.41, 5.74) is 14.8. The Morgan fingerprint density at radius 1 is 0.824 bits per heavy atom. The van der Waals surface area contributed by atoms with Gasteiger partial charge in [-0.15, -0.1) is 11.8 Å². The Morgan fingerprint density at radius 3 is 2.69 bits per heavy atom. The largest absolute Gasteiger partial charge is 0.460 e. The second kappa shape index (κ2) is 11.6. The Kier molecular flexibility index (Phi) is 6.82. The molecule has 0 spiro atoms. The average molecular weight is 694 g/mol. The van der Waals surface area contributed by atoms with Crippen molar-refractivity contribution in [2.24, 2.45) is 5.92 Å². The minimum atomic E-state index is -1.42. The van der Waals surface area contributed by atoms with E-state index in [1.165, 1.54) is 79.0 Å². The van der Waals surface area contributed by atoms with Crippen LogP contribution in [0.25, 0.3) is 22.8 Å². The Balaban J connectivity index is 1.04. The number of allylic oxidation sites excluding steroid dienone is 11. The Hall–Kier alpha value is -4.77. The van der Waals surface area contributed by atoms with E-state index in [0.29, 0.717) is 17.1 Å². The summed E-state index contributed by atoms with van der Waals surface area (Å²) in [6, 6.07) is 32.0. The van der Waals surface area contributed by atoms with Crippen LogP contribution in [0.3, 0.4) is 0 Å². The van der Waals surface area contributed by atoms with Gasteiger partial charge in [-0.05, 0) is 118 Å². The molecule has 0 aromatic heterocycles. The number of thioether (sulfide) groups is 1. The van der Waals surface area contributed by atoms with E-state index in [1.54, 1.807) is 10.1 Å². The van der Waals surface area contributed by atoms with Gasteiger partial charge < -0.3 is 9.64 Å². The number of hydrogen-bond donors (Lipinski definition) is 0. The van der Waals surface area contributed by atoms with Gasteiger partial charge in [-0.25, -0.2) is 0 Å². The van der Waals surface area contributed by atoms with E-state index in [9.17, 15) is 0 Å². The van der Waals surface area contributed by atoms with Crippen LogP contribution in [0.5, 0.6) is 5.75 Å². The molecule has 2 nitrogen and oxygen atoms in total. The molecule has 0 saturated heterocycles. The lowest BCUT2D eigenvalue weighted by Crippen LogP contribution is -2.27. The van der Waals surface area contributed by atoms with Gasteiger partial charge in [0.05, 0.1) is 0 Å². The fourth-order valence-corrected chi connectivity index (χ4v) is 13.9. The molecule has 0 saturated carbocycles. The smallest absolute Gasteiger partial charge is 0.130 e. The summed E-state index contributed by atoms with van der Waals surface area (Å²) in [6.07, 6.45) is 24.9. The molecule has 4 aromatic rings. The number of hydrogen-bond acceptors (Lipinski definition) is 3. The molecular weight excluding hydrogens is 655 g/mol. The predicted molar refractivity (Wildman–Crippen MR) is 217 cm³/mol. The van der Waals surface area contributed by atoms with E-state index in [0.717, 1.165) is 31.4 Å². The first-order valence-electron chi connectivity index (χ1n) is 18.7. The van der Waals surface area contributed by atoms with Crippen molar-refractivity contribution < 1.29 is 4.74 Å². The lowest BCUT2D eigenvalue weighted by atomic mass is 9.87. The molecule has 0 fully saturated rings. The summed E-state index contributed by atoms with van der Waals surface area (Å²) >= 11 is 2.09. The molecule has 3 heterocycles. The summed E-state index contributed by atoms with van der Waals surface area (Å²) in [6.45, 7) is 2.52. The summed E-state index contributed by atoms with van der Waals surface area (Å²) in [4.78, 5) is 4.13. The van der Waals surface area contributed by atoms with Crippen molar-refractivity contribution >= 4 is 48.8 Å². The van der Waals surface area contributed by atoms with Crippen LogP contribution < -0.4 is 14.8 Å². The fourth-order valence-electron chi connectivity index (χ4n) is 9.70. The standard InChI is InChI=1S/C47H39NOSSi/c1-51-44-25-24-39-36-15-4-6-18-41(36)49-47(39)46(44)40-23-21-33(28-45(40)51)48(32-20-22-38-37-16-5-7-19-42(37)50-43(38)27-32)31-13-8-12-30(26-31)35-17-9-11-29-10-2-3-14-34(29)35/h2,4-6,8-13,15-18,20-23,25-28,38-39,43,51H,3,7,14,19,24H2,1H3. The molecule has 0 radical (unpaired) electrons. The molecule has 4 aliphatic carbocycles. The van der Waals surface area contributed by atoms with E-state index < -0.39 is 8.80 Å². The number of nitrogens with zero attached hydrogens (tertiary/aromatic N) is 1. The van der Waals surface area contributed by atoms with Crippen LogP contribution in [0.2, 0.25) is 6.55 Å². The van der Waals surface area contributed by atoms with Gasteiger partial charge in [0.15, 0.2) is 0 Å². The third-order valence-corrected chi connectivity index (χ3v) is 16.4. The highest BCUT2D eigenvalue weighted by Gasteiger charge is 2.42.